The van der Waals surface area contributed by atoms with E-state index in [4.69, 9.17) is 0 Å². The molecule has 1 heterocycles. The van der Waals surface area contributed by atoms with E-state index in [9.17, 15) is 0 Å². The van der Waals surface area contributed by atoms with Crippen LogP contribution in [0.4, 0.5) is 0 Å². The van der Waals surface area contributed by atoms with E-state index in [1.165, 1.54) is 64.6 Å². The molecule has 0 aromatic carbocycles. The second kappa shape index (κ2) is 6.38. The number of piperidine rings is 1. The highest BCUT2D eigenvalue weighted by Gasteiger charge is 2.43. The first-order chi connectivity index (χ1) is 8.64. The summed E-state index contributed by atoms with van der Waals surface area (Å²) in [4.78, 5) is 2.76. The highest BCUT2D eigenvalue weighted by molar-refractivity contribution is 4.99. The molecule has 2 rings (SSSR count). The molecule has 1 saturated heterocycles. The van der Waals surface area contributed by atoms with Crippen molar-refractivity contribution in [1.82, 2.24) is 10.2 Å². The first-order valence-corrected chi connectivity index (χ1v) is 8.12. The summed E-state index contributed by atoms with van der Waals surface area (Å²) in [5.41, 5.74) is 0.548. The molecule has 0 bridgehead atoms. The Morgan fingerprint density at radius 2 is 1.83 bits per heavy atom. The van der Waals surface area contributed by atoms with Crippen LogP contribution in [-0.2, 0) is 0 Å². The summed E-state index contributed by atoms with van der Waals surface area (Å²) in [6.45, 7) is 11.0. The minimum atomic E-state index is 0.548. The highest BCUT2D eigenvalue weighted by Crippen LogP contribution is 2.42. The van der Waals surface area contributed by atoms with E-state index in [1.54, 1.807) is 0 Å². The summed E-state index contributed by atoms with van der Waals surface area (Å²) >= 11 is 0. The Kier molecular flexibility index (Phi) is 5.08. The topological polar surface area (TPSA) is 15.3 Å². The van der Waals surface area contributed by atoms with Gasteiger partial charge in [0, 0.05) is 24.7 Å². The van der Waals surface area contributed by atoms with Crippen molar-refractivity contribution in [3.8, 4) is 0 Å². The Balaban J connectivity index is 1.62. The molecule has 1 aliphatic carbocycles. The molecule has 2 heteroatoms. The fourth-order valence-corrected chi connectivity index (χ4v) is 4.00. The number of likely N-dealkylation sites (tertiary alicyclic amines) is 1. The van der Waals surface area contributed by atoms with E-state index >= 15 is 0 Å². The van der Waals surface area contributed by atoms with Crippen LogP contribution in [0.25, 0.3) is 0 Å². The minimum absolute atomic E-state index is 0.548. The summed E-state index contributed by atoms with van der Waals surface area (Å²) in [6, 6.07) is 0.791. The average Bonchev–Trinajstić information content (AvgIpc) is 2.34. The zero-order valence-corrected chi connectivity index (χ0v) is 12.7. The highest BCUT2D eigenvalue weighted by atomic mass is 15.2. The second-order valence-corrected chi connectivity index (χ2v) is 6.93. The minimum Gasteiger partial charge on any atom is -0.314 e. The number of hydrogen-bond donors (Lipinski definition) is 1. The van der Waals surface area contributed by atoms with E-state index in [0.29, 0.717) is 5.54 Å². The van der Waals surface area contributed by atoms with Crippen molar-refractivity contribution < 1.29 is 0 Å². The number of hydrogen-bond acceptors (Lipinski definition) is 2. The summed E-state index contributed by atoms with van der Waals surface area (Å²) in [7, 11) is 0. The van der Waals surface area contributed by atoms with Gasteiger partial charge >= 0.3 is 0 Å². The van der Waals surface area contributed by atoms with Gasteiger partial charge in [-0.15, -0.1) is 0 Å². The van der Waals surface area contributed by atoms with Crippen LogP contribution < -0.4 is 5.32 Å². The lowest BCUT2D eigenvalue weighted by Gasteiger charge is -2.53. The van der Waals surface area contributed by atoms with Gasteiger partial charge < -0.3 is 5.32 Å². The van der Waals surface area contributed by atoms with Gasteiger partial charge in [0.1, 0.15) is 0 Å². The molecule has 2 fully saturated rings. The van der Waals surface area contributed by atoms with Crippen molar-refractivity contribution in [3.63, 3.8) is 0 Å². The monoisotopic (exact) mass is 252 g/mol. The quantitative estimate of drug-likeness (QED) is 0.729. The summed E-state index contributed by atoms with van der Waals surface area (Å²) in [5, 5.41) is 3.75. The van der Waals surface area contributed by atoms with Crippen LogP contribution >= 0.6 is 0 Å². The Labute approximate surface area is 114 Å². The smallest absolute Gasteiger partial charge is 0.0186 e. The largest absolute Gasteiger partial charge is 0.314 e. The molecule has 0 radical (unpaired) electrons. The molecule has 0 aromatic heterocycles. The van der Waals surface area contributed by atoms with Crippen molar-refractivity contribution >= 4 is 0 Å². The van der Waals surface area contributed by atoms with Crippen LogP contribution in [0.3, 0.4) is 0 Å². The van der Waals surface area contributed by atoms with Gasteiger partial charge in [0.15, 0.2) is 0 Å². The van der Waals surface area contributed by atoms with Crippen LogP contribution in [0.2, 0.25) is 0 Å². The average molecular weight is 252 g/mol. The van der Waals surface area contributed by atoms with Crippen LogP contribution in [0, 0.1) is 5.92 Å². The third-order valence-corrected chi connectivity index (χ3v) is 5.05. The molecule has 1 saturated carbocycles. The number of unbranched alkanes of at least 4 members (excludes halogenated alkanes) is 2. The second-order valence-electron chi connectivity index (χ2n) is 6.93. The van der Waals surface area contributed by atoms with E-state index in [2.05, 4.69) is 31.0 Å². The van der Waals surface area contributed by atoms with Crippen molar-refractivity contribution in [2.24, 2.45) is 5.92 Å². The van der Waals surface area contributed by atoms with E-state index < -0.39 is 0 Å². The molecular formula is C16H32N2. The van der Waals surface area contributed by atoms with Crippen molar-refractivity contribution in [3.05, 3.63) is 0 Å². The van der Waals surface area contributed by atoms with E-state index in [-0.39, 0.29) is 0 Å². The molecule has 0 spiro atoms. The lowest BCUT2D eigenvalue weighted by Crippen LogP contribution is -2.58. The van der Waals surface area contributed by atoms with Crippen LogP contribution in [0.5, 0.6) is 0 Å². The number of nitrogens with one attached hydrogen (secondary N) is 1. The maximum Gasteiger partial charge on any atom is 0.0186 e. The first-order valence-electron chi connectivity index (χ1n) is 8.12. The Bertz CT molecular complexity index is 237. The molecule has 2 nitrogen and oxygen atoms in total. The summed E-state index contributed by atoms with van der Waals surface area (Å²) in [5.74, 6) is 0.958. The maximum atomic E-state index is 3.75. The lowest BCUT2D eigenvalue weighted by molar-refractivity contribution is -0.0211. The SMILES string of the molecule is CCCCCNC1CCN(C2(C)CC(C)C2)CC1. The van der Waals surface area contributed by atoms with E-state index in [0.717, 1.165) is 12.0 Å². The van der Waals surface area contributed by atoms with Crippen LogP contribution in [0.1, 0.15) is 65.7 Å². The first kappa shape index (κ1) is 14.3. The molecule has 0 aromatic rings. The molecular weight excluding hydrogens is 220 g/mol. The van der Waals surface area contributed by atoms with E-state index in [1.807, 2.05) is 0 Å². The van der Waals surface area contributed by atoms with Crippen LogP contribution in [-0.4, -0.2) is 36.1 Å². The number of nitrogens with zero attached hydrogens (tertiary/aromatic N) is 1. The van der Waals surface area contributed by atoms with Crippen molar-refractivity contribution in [2.75, 3.05) is 19.6 Å². The van der Waals surface area contributed by atoms with Gasteiger partial charge in [0.05, 0.1) is 0 Å². The molecule has 2 aliphatic rings. The molecule has 106 valence electrons. The van der Waals surface area contributed by atoms with Gasteiger partial charge in [-0.25, -0.2) is 0 Å². The fourth-order valence-electron chi connectivity index (χ4n) is 4.00. The number of rotatable bonds is 6. The van der Waals surface area contributed by atoms with Gasteiger partial charge in [-0.1, -0.05) is 26.7 Å². The molecule has 0 amide bonds. The van der Waals surface area contributed by atoms with Gasteiger partial charge in [0.25, 0.3) is 0 Å². The third kappa shape index (κ3) is 3.48. The lowest BCUT2D eigenvalue weighted by atomic mass is 9.69. The van der Waals surface area contributed by atoms with Gasteiger partial charge in [-0.05, 0) is 51.5 Å². The Morgan fingerprint density at radius 1 is 1.17 bits per heavy atom. The molecule has 1 aliphatic heterocycles. The normalized spacial score (nSPS) is 34.5. The standard InChI is InChI=1S/C16H32N2/c1-4-5-6-9-17-15-7-10-18(11-8-15)16(3)12-14(2)13-16/h14-15,17H,4-13H2,1-3H3. The predicted molar refractivity (Wildman–Crippen MR) is 78.9 cm³/mol. The maximum absolute atomic E-state index is 3.75. The van der Waals surface area contributed by atoms with Gasteiger partial charge in [-0.2, -0.15) is 0 Å². The molecule has 0 atom stereocenters. The Hall–Kier alpha value is -0.0800. The fraction of sp³-hybridized carbons (Fsp3) is 1.00. The predicted octanol–water partition coefficient (Wildman–Crippen LogP) is 3.42. The van der Waals surface area contributed by atoms with Crippen LogP contribution in [0.15, 0.2) is 0 Å². The van der Waals surface area contributed by atoms with Gasteiger partial charge in [0.2, 0.25) is 0 Å². The summed E-state index contributed by atoms with van der Waals surface area (Å²) in [6.07, 6.45) is 9.61. The Morgan fingerprint density at radius 3 is 2.39 bits per heavy atom. The molecule has 18 heavy (non-hydrogen) atoms. The zero-order valence-electron chi connectivity index (χ0n) is 12.7. The third-order valence-electron chi connectivity index (χ3n) is 5.05. The van der Waals surface area contributed by atoms with Crippen molar-refractivity contribution in [2.45, 2.75) is 77.3 Å². The molecule has 0 unspecified atom stereocenters. The molecule has 1 N–H and O–H groups in total. The summed E-state index contributed by atoms with van der Waals surface area (Å²) < 4.78 is 0. The van der Waals surface area contributed by atoms with Crippen molar-refractivity contribution in [1.29, 1.82) is 0 Å². The zero-order chi connectivity index (χ0) is 13.0. The van der Waals surface area contributed by atoms with Gasteiger partial charge in [-0.3, -0.25) is 4.90 Å².